The first kappa shape index (κ1) is 21.9. The first-order valence-corrected chi connectivity index (χ1v) is 7.94. The van der Waals surface area contributed by atoms with Crippen molar-refractivity contribution in [3.8, 4) is 5.88 Å². The summed E-state index contributed by atoms with van der Waals surface area (Å²) in [5.41, 5.74) is -0.153. The second-order valence-corrected chi connectivity index (χ2v) is 6.37. The molecule has 0 saturated heterocycles. The Labute approximate surface area is 151 Å². The lowest BCUT2D eigenvalue weighted by Gasteiger charge is -2.21. The number of pyridine rings is 1. The Kier molecular flexibility index (Phi) is 8.53. The maximum Gasteiger partial charge on any atom is 0.388 e. The molecule has 1 aromatic heterocycles. The van der Waals surface area contributed by atoms with Gasteiger partial charge in [-0.25, -0.2) is 4.98 Å². The number of hydrogen-bond acceptors (Lipinski definition) is 7. The molecule has 1 rings (SSSR count). The minimum absolute atomic E-state index is 0.0909. The summed E-state index contributed by atoms with van der Waals surface area (Å²) in [7, 11) is 1.41. The number of halogens is 2. The number of aliphatic hydroxyl groups excluding tert-OH is 1. The van der Waals surface area contributed by atoms with Crippen molar-refractivity contribution in [2.75, 3.05) is 13.7 Å². The van der Waals surface area contributed by atoms with Crippen molar-refractivity contribution in [3.05, 3.63) is 23.9 Å². The molecule has 0 aliphatic rings. The number of esters is 1. The van der Waals surface area contributed by atoms with E-state index >= 15 is 0 Å². The quantitative estimate of drug-likeness (QED) is 0.528. The van der Waals surface area contributed by atoms with Gasteiger partial charge in [0.2, 0.25) is 5.88 Å². The Morgan fingerprint density at radius 3 is 2.54 bits per heavy atom. The largest absolute Gasteiger partial charge is 0.460 e. The molecule has 0 aliphatic carbocycles. The Balaban J connectivity index is 2.97. The molecule has 2 unspecified atom stereocenters. The van der Waals surface area contributed by atoms with E-state index in [2.05, 4.69) is 14.7 Å². The van der Waals surface area contributed by atoms with Gasteiger partial charge in [-0.2, -0.15) is 8.78 Å². The first-order chi connectivity index (χ1) is 12.1. The van der Waals surface area contributed by atoms with Gasteiger partial charge in [-0.15, -0.1) is 0 Å². The number of aliphatic imine (C=N–C) groups is 1. The summed E-state index contributed by atoms with van der Waals surface area (Å²) in [5.74, 6) is -0.723. The maximum absolute atomic E-state index is 12.2. The van der Waals surface area contributed by atoms with Gasteiger partial charge in [0.05, 0.1) is 19.1 Å². The number of nitrogens with zero attached hydrogens (tertiary/aromatic N) is 2. The number of methoxy groups -OCH3 is 1. The molecule has 2 atom stereocenters. The normalized spacial score (nSPS) is 14.5. The molecule has 9 heteroatoms. The number of ether oxygens (including phenoxy) is 3. The second kappa shape index (κ2) is 10.1. The van der Waals surface area contributed by atoms with Crippen LogP contribution < -0.4 is 4.74 Å². The average molecular weight is 374 g/mol. The SMILES string of the molecule is COC(/C=N/C(CC(=O)OC(C)(C)C)c1ccc(OC(F)F)nc1)CO. The van der Waals surface area contributed by atoms with E-state index in [1.165, 1.54) is 31.7 Å². The predicted octanol–water partition coefficient (Wildman–Crippen LogP) is 2.53. The van der Waals surface area contributed by atoms with Crippen molar-refractivity contribution >= 4 is 12.2 Å². The third kappa shape index (κ3) is 8.30. The van der Waals surface area contributed by atoms with Gasteiger partial charge < -0.3 is 19.3 Å². The van der Waals surface area contributed by atoms with Crippen molar-refractivity contribution in [1.82, 2.24) is 4.98 Å². The van der Waals surface area contributed by atoms with Crippen LogP contribution in [0.3, 0.4) is 0 Å². The smallest absolute Gasteiger partial charge is 0.388 e. The molecular weight excluding hydrogens is 350 g/mol. The number of hydrogen-bond donors (Lipinski definition) is 1. The summed E-state index contributed by atoms with van der Waals surface area (Å²) in [6, 6.07) is 2.07. The summed E-state index contributed by atoms with van der Waals surface area (Å²) < 4.78 is 38.9. The highest BCUT2D eigenvalue weighted by Crippen LogP contribution is 2.24. The highest BCUT2D eigenvalue weighted by molar-refractivity contribution is 5.72. The zero-order valence-corrected chi connectivity index (χ0v) is 15.2. The number of alkyl halides is 2. The average Bonchev–Trinajstić information content (AvgIpc) is 2.53. The van der Waals surface area contributed by atoms with Gasteiger partial charge in [0.25, 0.3) is 0 Å². The highest BCUT2D eigenvalue weighted by atomic mass is 19.3. The molecule has 26 heavy (non-hydrogen) atoms. The maximum atomic E-state index is 12.2. The fourth-order valence-electron chi connectivity index (χ4n) is 1.93. The van der Waals surface area contributed by atoms with Crippen molar-refractivity contribution < 1.29 is 32.9 Å². The van der Waals surface area contributed by atoms with Crippen molar-refractivity contribution in [2.45, 2.75) is 51.6 Å². The van der Waals surface area contributed by atoms with E-state index in [4.69, 9.17) is 14.6 Å². The molecule has 1 heterocycles. The van der Waals surface area contributed by atoms with E-state index in [9.17, 15) is 13.6 Å². The van der Waals surface area contributed by atoms with E-state index in [1.54, 1.807) is 20.8 Å². The highest BCUT2D eigenvalue weighted by Gasteiger charge is 2.22. The number of rotatable bonds is 9. The number of aromatic nitrogens is 1. The molecule has 7 nitrogen and oxygen atoms in total. The third-order valence-corrected chi connectivity index (χ3v) is 3.05. The number of carbonyl (C=O) groups excluding carboxylic acids is 1. The fraction of sp³-hybridized carbons (Fsp3) is 0.588. The topological polar surface area (TPSA) is 90.2 Å². The fourth-order valence-corrected chi connectivity index (χ4v) is 1.93. The molecule has 0 bridgehead atoms. The van der Waals surface area contributed by atoms with Gasteiger partial charge in [0, 0.05) is 25.6 Å². The van der Waals surface area contributed by atoms with Crippen LogP contribution in [0.25, 0.3) is 0 Å². The number of aliphatic hydroxyl groups is 1. The first-order valence-electron chi connectivity index (χ1n) is 7.94. The third-order valence-electron chi connectivity index (χ3n) is 3.05. The molecule has 0 aromatic carbocycles. The minimum atomic E-state index is -2.98. The summed E-state index contributed by atoms with van der Waals surface area (Å²) in [4.78, 5) is 20.2. The molecule has 0 amide bonds. The van der Waals surface area contributed by atoms with E-state index in [-0.39, 0.29) is 18.9 Å². The lowest BCUT2D eigenvalue weighted by atomic mass is 10.1. The van der Waals surface area contributed by atoms with E-state index in [0.29, 0.717) is 5.56 Å². The van der Waals surface area contributed by atoms with Gasteiger partial charge in [0.15, 0.2) is 0 Å². The molecule has 0 radical (unpaired) electrons. The van der Waals surface area contributed by atoms with Crippen LogP contribution in [-0.4, -0.2) is 54.3 Å². The van der Waals surface area contributed by atoms with Crippen LogP contribution in [0.15, 0.2) is 23.3 Å². The van der Waals surface area contributed by atoms with E-state index < -0.39 is 30.3 Å². The Bertz CT molecular complexity index is 584. The summed E-state index contributed by atoms with van der Waals surface area (Å²) >= 11 is 0. The monoisotopic (exact) mass is 374 g/mol. The van der Waals surface area contributed by atoms with Crippen LogP contribution in [0.2, 0.25) is 0 Å². The van der Waals surface area contributed by atoms with Crippen LogP contribution in [0, 0.1) is 0 Å². The summed E-state index contributed by atoms with van der Waals surface area (Å²) in [5, 5.41) is 9.16. The lowest BCUT2D eigenvalue weighted by molar-refractivity contribution is -0.155. The van der Waals surface area contributed by atoms with Gasteiger partial charge in [-0.3, -0.25) is 9.79 Å². The van der Waals surface area contributed by atoms with Crippen LogP contribution in [0.1, 0.15) is 38.8 Å². The van der Waals surface area contributed by atoms with Gasteiger partial charge >= 0.3 is 12.6 Å². The minimum Gasteiger partial charge on any atom is -0.460 e. The van der Waals surface area contributed by atoms with Gasteiger partial charge in [0.1, 0.15) is 11.7 Å². The second-order valence-electron chi connectivity index (χ2n) is 6.37. The van der Waals surface area contributed by atoms with Crippen molar-refractivity contribution in [1.29, 1.82) is 0 Å². The zero-order chi connectivity index (χ0) is 19.7. The Hall–Kier alpha value is -2.13. The van der Waals surface area contributed by atoms with Crippen LogP contribution in [-0.2, 0) is 14.3 Å². The Morgan fingerprint density at radius 2 is 2.08 bits per heavy atom. The van der Waals surface area contributed by atoms with Crippen molar-refractivity contribution in [3.63, 3.8) is 0 Å². The zero-order valence-electron chi connectivity index (χ0n) is 15.2. The lowest BCUT2D eigenvalue weighted by Crippen LogP contribution is -2.25. The molecule has 0 spiro atoms. The molecule has 1 N–H and O–H groups in total. The summed E-state index contributed by atoms with van der Waals surface area (Å²) in [6.07, 6.45) is 1.95. The molecule has 0 aliphatic heterocycles. The molecular formula is C17H24F2N2O5. The van der Waals surface area contributed by atoms with Crippen molar-refractivity contribution in [2.24, 2.45) is 4.99 Å². The standard InChI is InChI=1S/C17H24F2N2O5/c1-17(2,3)26-15(23)7-13(20-9-12(10-22)24-4)11-5-6-14(21-8-11)25-16(18)19/h5-6,8-9,12-13,16,22H,7,10H2,1-4H3/b20-9+. The van der Waals surface area contributed by atoms with Crippen LogP contribution >= 0.6 is 0 Å². The van der Waals surface area contributed by atoms with E-state index in [0.717, 1.165) is 0 Å². The van der Waals surface area contributed by atoms with Crippen LogP contribution in [0.5, 0.6) is 5.88 Å². The summed E-state index contributed by atoms with van der Waals surface area (Å²) in [6.45, 7) is 1.98. The van der Waals surface area contributed by atoms with E-state index in [1.807, 2.05) is 0 Å². The molecule has 146 valence electrons. The van der Waals surface area contributed by atoms with Gasteiger partial charge in [-0.05, 0) is 32.4 Å². The molecule has 1 aromatic rings. The predicted molar refractivity (Wildman–Crippen MR) is 90.4 cm³/mol. The molecule has 0 fully saturated rings. The van der Waals surface area contributed by atoms with Crippen LogP contribution in [0.4, 0.5) is 8.78 Å². The molecule has 0 saturated carbocycles. The number of carbonyl (C=O) groups is 1. The Morgan fingerprint density at radius 1 is 1.38 bits per heavy atom. The van der Waals surface area contributed by atoms with Gasteiger partial charge in [-0.1, -0.05) is 0 Å².